The van der Waals surface area contributed by atoms with Crippen LogP contribution in [0.5, 0.6) is 0 Å². The van der Waals surface area contributed by atoms with Crippen LogP contribution < -0.4 is 11.1 Å². The SMILES string of the molecule is NC(CCCCNC(=O)Cn1ccnc1N=Nc1ccc([N+](=O)[O-])cc1)C(=O)O. The number of imidazole rings is 1. The average molecular weight is 403 g/mol. The number of rotatable bonds is 11. The van der Waals surface area contributed by atoms with E-state index < -0.39 is 16.9 Å². The molecule has 12 nitrogen and oxygen atoms in total. The summed E-state index contributed by atoms with van der Waals surface area (Å²) in [5.74, 6) is -1.08. The summed E-state index contributed by atoms with van der Waals surface area (Å²) in [4.78, 5) is 36.8. The highest BCUT2D eigenvalue weighted by Gasteiger charge is 2.11. The molecule has 1 amide bonds. The van der Waals surface area contributed by atoms with Crippen molar-refractivity contribution in [1.82, 2.24) is 14.9 Å². The van der Waals surface area contributed by atoms with Gasteiger partial charge in [-0.2, -0.15) is 0 Å². The van der Waals surface area contributed by atoms with Crippen LogP contribution in [0.15, 0.2) is 46.9 Å². The summed E-state index contributed by atoms with van der Waals surface area (Å²) in [5, 5.41) is 30.0. The number of carbonyl (C=O) groups is 2. The van der Waals surface area contributed by atoms with Gasteiger partial charge < -0.3 is 20.7 Å². The van der Waals surface area contributed by atoms with Crippen molar-refractivity contribution in [3.63, 3.8) is 0 Å². The smallest absolute Gasteiger partial charge is 0.320 e. The normalized spacial score (nSPS) is 12.0. The quantitative estimate of drug-likeness (QED) is 0.222. The predicted octanol–water partition coefficient (Wildman–Crippen LogP) is 1.91. The van der Waals surface area contributed by atoms with Gasteiger partial charge >= 0.3 is 5.97 Å². The summed E-state index contributed by atoms with van der Waals surface area (Å²) >= 11 is 0. The van der Waals surface area contributed by atoms with Crippen LogP contribution in [0, 0.1) is 10.1 Å². The van der Waals surface area contributed by atoms with Crippen molar-refractivity contribution in [1.29, 1.82) is 0 Å². The molecule has 1 heterocycles. The van der Waals surface area contributed by atoms with Crippen molar-refractivity contribution in [3.8, 4) is 0 Å². The molecule has 1 atom stereocenters. The molecule has 0 bridgehead atoms. The number of nitro benzene ring substituents is 1. The van der Waals surface area contributed by atoms with Crippen LogP contribution in [-0.2, 0) is 16.1 Å². The van der Waals surface area contributed by atoms with Crippen LogP contribution in [0.25, 0.3) is 0 Å². The van der Waals surface area contributed by atoms with Gasteiger partial charge in [-0.15, -0.1) is 10.2 Å². The molecule has 1 aromatic heterocycles. The van der Waals surface area contributed by atoms with Gasteiger partial charge in [-0.05, 0) is 31.4 Å². The van der Waals surface area contributed by atoms with Crippen LogP contribution in [-0.4, -0.2) is 44.0 Å². The largest absolute Gasteiger partial charge is 0.480 e. The average Bonchev–Trinajstić information content (AvgIpc) is 3.12. The first-order valence-electron chi connectivity index (χ1n) is 8.79. The van der Waals surface area contributed by atoms with Crippen molar-refractivity contribution in [2.75, 3.05) is 6.54 Å². The molecule has 1 unspecified atom stereocenters. The van der Waals surface area contributed by atoms with Gasteiger partial charge in [-0.3, -0.25) is 19.7 Å². The molecule has 2 rings (SSSR count). The Bertz CT molecular complexity index is 879. The summed E-state index contributed by atoms with van der Waals surface area (Å²) in [6.07, 6.45) is 4.61. The Balaban J connectivity index is 1.81. The number of carboxylic acids is 1. The zero-order valence-corrected chi connectivity index (χ0v) is 15.5. The van der Waals surface area contributed by atoms with E-state index in [4.69, 9.17) is 10.8 Å². The van der Waals surface area contributed by atoms with E-state index in [-0.39, 0.29) is 24.1 Å². The number of hydrogen-bond donors (Lipinski definition) is 3. The summed E-state index contributed by atoms with van der Waals surface area (Å²) in [5.41, 5.74) is 5.77. The zero-order chi connectivity index (χ0) is 21.2. The maximum Gasteiger partial charge on any atom is 0.320 e. The minimum absolute atomic E-state index is 0.0107. The van der Waals surface area contributed by atoms with Gasteiger partial charge in [-0.25, -0.2) is 4.98 Å². The number of nitro groups is 1. The van der Waals surface area contributed by atoms with Crippen LogP contribution in [0.3, 0.4) is 0 Å². The van der Waals surface area contributed by atoms with Crippen LogP contribution >= 0.6 is 0 Å². The number of aromatic nitrogens is 2. The Hall–Kier alpha value is -3.67. The third-order valence-corrected chi connectivity index (χ3v) is 3.90. The zero-order valence-electron chi connectivity index (χ0n) is 15.5. The molecule has 0 spiro atoms. The van der Waals surface area contributed by atoms with Crippen LogP contribution in [0.4, 0.5) is 17.3 Å². The fourth-order valence-electron chi connectivity index (χ4n) is 2.32. The van der Waals surface area contributed by atoms with Crippen LogP contribution in [0.1, 0.15) is 19.3 Å². The lowest BCUT2D eigenvalue weighted by Crippen LogP contribution is -2.31. The Morgan fingerprint density at radius 2 is 2.00 bits per heavy atom. The third kappa shape index (κ3) is 7.10. The molecule has 0 saturated heterocycles. The van der Waals surface area contributed by atoms with E-state index in [0.29, 0.717) is 31.5 Å². The van der Waals surface area contributed by atoms with E-state index in [0.717, 1.165) is 0 Å². The Morgan fingerprint density at radius 3 is 2.66 bits per heavy atom. The lowest BCUT2D eigenvalue weighted by molar-refractivity contribution is -0.384. The number of carboxylic acid groups (broad SMARTS) is 1. The van der Waals surface area contributed by atoms with Crippen molar-refractivity contribution >= 4 is 29.2 Å². The van der Waals surface area contributed by atoms with Crippen molar-refractivity contribution in [2.24, 2.45) is 16.0 Å². The number of unbranched alkanes of at least 4 members (excludes halogenated alkanes) is 1. The fraction of sp³-hybridized carbons (Fsp3) is 0.353. The highest BCUT2D eigenvalue weighted by molar-refractivity contribution is 5.76. The second-order valence-corrected chi connectivity index (χ2v) is 6.12. The first kappa shape index (κ1) is 21.6. The second-order valence-electron chi connectivity index (χ2n) is 6.12. The molecule has 1 aromatic carbocycles. The number of aliphatic carboxylic acids is 1. The van der Waals surface area contributed by atoms with Gasteiger partial charge in [0.2, 0.25) is 11.9 Å². The van der Waals surface area contributed by atoms with E-state index in [9.17, 15) is 19.7 Å². The van der Waals surface area contributed by atoms with E-state index in [1.165, 1.54) is 35.0 Å². The minimum Gasteiger partial charge on any atom is -0.480 e. The van der Waals surface area contributed by atoms with Crippen LogP contribution in [0.2, 0.25) is 0 Å². The highest BCUT2D eigenvalue weighted by atomic mass is 16.6. The standard InChI is InChI=1S/C17H21N7O5/c18-14(16(26)27)3-1-2-8-19-15(25)11-23-10-9-20-17(23)22-21-12-4-6-13(7-5-12)24(28)29/h4-7,9-10,14H,1-3,8,11,18H2,(H,19,25)(H,26,27). The first-order chi connectivity index (χ1) is 13.9. The van der Waals surface area contributed by atoms with E-state index in [1.807, 2.05) is 0 Å². The molecule has 2 aromatic rings. The summed E-state index contributed by atoms with van der Waals surface area (Å²) in [6, 6.07) is 4.66. The predicted molar refractivity (Wildman–Crippen MR) is 102 cm³/mol. The number of nitrogens with two attached hydrogens (primary N) is 1. The summed E-state index contributed by atoms with van der Waals surface area (Å²) < 4.78 is 1.50. The van der Waals surface area contributed by atoms with Gasteiger partial charge in [0.1, 0.15) is 12.6 Å². The van der Waals surface area contributed by atoms with Gasteiger partial charge in [0, 0.05) is 31.1 Å². The number of nitrogens with one attached hydrogen (secondary N) is 1. The van der Waals surface area contributed by atoms with Gasteiger partial charge in [0.15, 0.2) is 0 Å². The van der Waals surface area contributed by atoms with Gasteiger partial charge in [0.05, 0.1) is 10.6 Å². The monoisotopic (exact) mass is 403 g/mol. The Kier molecular flexibility index (Phi) is 7.91. The number of azo groups is 1. The molecule has 4 N–H and O–H groups in total. The molecule has 0 aliphatic carbocycles. The minimum atomic E-state index is -1.04. The molecule has 12 heteroatoms. The van der Waals surface area contributed by atoms with Crippen molar-refractivity contribution < 1.29 is 19.6 Å². The molecule has 29 heavy (non-hydrogen) atoms. The van der Waals surface area contributed by atoms with Crippen molar-refractivity contribution in [3.05, 3.63) is 46.8 Å². The number of benzene rings is 1. The number of amides is 1. The van der Waals surface area contributed by atoms with Gasteiger partial charge in [-0.1, -0.05) is 0 Å². The molecule has 0 fully saturated rings. The Morgan fingerprint density at radius 1 is 1.28 bits per heavy atom. The topological polar surface area (TPSA) is 178 Å². The summed E-state index contributed by atoms with van der Waals surface area (Å²) in [6.45, 7) is 0.392. The maximum absolute atomic E-state index is 12.0. The highest BCUT2D eigenvalue weighted by Crippen LogP contribution is 2.20. The number of hydrogen-bond acceptors (Lipinski definition) is 8. The molecule has 0 radical (unpaired) electrons. The van der Waals surface area contributed by atoms with Gasteiger partial charge in [0.25, 0.3) is 5.69 Å². The summed E-state index contributed by atoms with van der Waals surface area (Å²) in [7, 11) is 0. The molecular formula is C17H21N7O5. The van der Waals surface area contributed by atoms with Crippen molar-refractivity contribution in [2.45, 2.75) is 31.8 Å². The van der Waals surface area contributed by atoms with E-state index in [1.54, 1.807) is 6.20 Å². The first-order valence-corrected chi connectivity index (χ1v) is 8.79. The molecule has 0 saturated carbocycles. The number of non-ortho nitro benzene ring substituents is 1. The van der Waals surface area contributed by atoms with E-state index in [2.05, 4.69) is 20.5 Å². The number of carbonyl (C=O) groups excluding carboxylic acids is 1. The second kappa shape index (κ2) is 10.6. The molecule has 0 aliphatic heterocycles. The fourth-order valence-corrected chi connectivity index (χ4v) is 2.32. The molecular weight excluding hydrogens is 382 g/mol. The third-order valence-electron chi connectivity index (χ3n) is 3.90. The lowest BCUT2D eigenvalue weighted by atomic mass is 10.1. The molecule has 0 aliphatic rings. The van der Waals surface area contributed by atoms with E-state index >= 15 is 0 Å². The molecule has 154 valence electrons. The maximum atomic E-state index is 12.0. The number of nitrogens with zero attached hydrogens (tertiary/aromatic N) is 5. The Labute approximate surface area is 165 Å². The lowest BCUT2D eigenvalue weighted by Gasteiger charge is -2.08.